The van der Waals surface area contributed by atoms with Crippen molar-refractivity contribution < 1.29 is 19.8 Å². The third kappa shape index (κ3) is 6.46. The van der Waals surface area contributed by atoms with E-state index in [4.69, 9.17) is 5.11 Å². The van der Waals surface area contributed by atoms with Gasteiger partial charge < -0.3 is 15.1 Å². The van der Waals surface area contributed by atoms with Crippen LogP contribution in [0.3, 0.4) is 0 Å². The lowest BCUT2D eigenvalue weighted by atomic mass is 9.99. The Morgan fingerprint density at radius 2 is 1.77 bits per heavy atom. The minimum absolute atomic E-state index is 0.0330. The minimum atomic E-state index is -0.947. The number of hydrogen-bond acceptors (Lipinski definition) is 3. The Morgan fingerprint density at radius 1 is 1.03 bits per heavy atom. The largest absolute Gasteiger partial charge is 0.478 e. The quantitative estimate of drug-likeness (QED) is 0.430. The summed E-state index contributed by atoms with van der Waals surface area (Å²) in [4.78, 5) is 25.3. The first-order chi connectivity index (χ1) is 16.9. The average Bonchev–Trinajstić information content (AvgIpc) is 3.21. The van der Waals surface area contributed by atoms with Gasteiger partial charge in [-0.1, -0.05) is 78.4 Å². The fourth-order valence-electron chi connectivity index (χ4n) is 4.50. The number of carbonyl (C=O) groups is 2. The van der Waals surface area contributed by atoms with Crippen molar-refractivity contribution in [1.82, 2.24) is 4.90 Å². The molecule has 0 radical (unpaired) electrons. The number of aryl methyl sites for hydroxylation is 1. The SMILES string of the molecule is Cc1ccc(-c2cccc(C[C@H](O)/C=C/[C@H]3CCC(=O)N3CCc3ccc(C(=O)O)cc3)c2)cc1. The van der Waals surface area contributed by atoms with Gasteiger partial charge in [0.25, 0.3) is 0 Å². The molecule has 0 aliphatic carbocycles. The molecule has 5 nitrogen and oxygen atoms in total. The highest BCUT2D eigenvalue weighted by Crippen LogP contribution is 2.23. The van der Waals surface area contributed by atoms with Crippen LogP contribution in [0.1, 0.15) is 39.9 Å². The van der Waals surface area contributed by atoms with E-state index in [1.54, 1.807) is 30.3 Å². The third-order valence-electron chi connectivity index (χ3n) is 6.53. The maximum atomic E-state index is 12.4. The summed E-state index contributed by atoms with van der Waals surface area (Å²) >= 11 is 0. The summed E-state index contributed by atoms with van der Waals surface area (Å²) in [6.07, 6.45) is 5.52. The molecule has 1 amide bonds. The number of aliphatic hydroxyl groups excluding tert-OH is 1. The van der Waals surface area contributed by atoms with E-state index in [2.05, 4.69) is 43.3 Å². The molecule has 2 N–H and O–H groups in total. The Morgan fingerprint density at radius 3 is 2.49 bits per heavy atom. The number of rotatable bonds is 9. The molecule has 35 heavy (non-hydrogen) atoms. The predicted octanol–water partition coefficient (Wildman–Crippen LogP) is 5.05. The lowest BCUT2D eigenvalue weighted by Crippen LogP contribution is -2.33. The molecule has 0 bridgehead atoms. The molecular weight excluding hydrogens is 438 g/mol. The maximum absolute atomic E-state index is 12.4. The van der Waals surface area contributed by atoms with E-state index in [0.717, 1.165) is 28.7 Å². The predicted molar refractivity (Wildman–Crippen MR) is 137 cm³/mol. The van der Waals surface area contributed by atoms with Gasteiger partial charge in [0.15, 0.2) is 0 Å². The van der Waals surface area contributed by atoms with E-state index in [0.29, 0.717) is 25.8 Å². The number of amides is 1. The monoisotopic (exact) mass is 469 g/mol. The Hall–Kier alpha value is -3.70. The van der Waals surface area contributed by atoms with Gasteiger partial charge in [0, 0.05) is 19.4 Å². The van der Waals surface area contributed by atoms with Crippen LogP contribution in [0, 0.1) is 6.92 Å². The molecular formula is C30H31NO4. The minimum Gasteiger partial charge on any atom is -0.478 e. The van der Waals surface area contributed by atoms with Gasteiger partial charge in [-0.2, -0.15) is 0 Å². The van der Waals surface area contributed by atoms with Crippen molar-refractivity contribution in [2.45, 2.75) is 44.8 Å². The number of carboxylic acid groups (broad SMARTS) is 1. The van der Waals surface area contributed by atoms with Crippen molar-refractivity contribution in [1.29, 1.82) is 0 Å². The average molecular weight is 470 g/mol. The smallest absolute Gasteiger partial charge is 0.335 e. The van der Waals surface area contributed by atoms with Crippen LogP contribution in [0.25, 0.3) is 11.1 Å². The van der Waals surface area contributed by atoms with E-state index >= 15 is 0 Å². The number of carboxylic acids is 1. The van der Waals surface area contributed by atoms with Gasteiger partial charge in [-0.25, -0.2) is 4.79 Å². The number of aromatic carboxylic acids is 1. The normalized spacial score (nSPS) is 16.7. The van der Waals surface area contributed by atoms with E-state index in [1.165, 1.54) is 5.56 Å². The highest BCUT2D eigenvalue weighted by Gasteiger charge is 2.28. The summed E-state index contributed by atoms with van der Waals surface area (Å²) in [6, 6.07) is 23.4. The van der Waals surface area contributed by atoms with Crippen molar-refractivity contribution >= 4 is 11.9 Å². The van der Waals surface area contributed by atoms with Crippen LogP contribution in [0.5, 0.6) is 0 Å². The van der Waals surface area contributed by atoms with Crippen LogP contribution in [0.4, 0.5) is 0 Å². The second-order valence-electron chi connectivity index (χ2n) is 9.17. The first-order valence-corrected chi connectivity index (χ1v) is 12.0. The van der Waals surface area contributed by atoms with E-state index in [9.17, 15) is 14.7 Å². The number of carbonyl (C=O) groups excluding carboxylic acids is 1. The summed E-state index contributed by atoms with van der Waals surface area (Å²) in [5.41, 5.74) is 5.81. The van der Waals surface area contributed by atoms with Crippen LogP contribution in [0.2, 0.25) is 0 Å². The zero-order valence-corrected chi connectivity index (χ0v) is 19.9. The zero-order valence-electron chi connectivity index (χ0n) is 19.9. The van der Waals surface area contributed by atoms with Gasteiger partial charge in [0.1, 0.15) is 0 Å². The van der Waals surface area contributed by atoms with Crippen LogP contribution in [-0.2, 0) is 17.6 Å². The molecule has 5 heteroatoms. The molecule has 3 aromatic rings. The summed E-state index contributed by atoms with van der Waals surface area (Å²) in [6.45, 7) is 2.63. The summed E-state index contributed by atoms with van der Waals surface area (Å²) < 4.78 is 0. The first-order valence-electron chi connectivity index (χ1n) is 12.0. The van der Waals surface area contributed by atoms with Crippen LogP contribution < -0.4 is 0 Å². The molecule has 2 atom stereocenters. The van der Waals surface area contributed by atoms with Crippen LogP contribution in [-0.4, -0.2) is 45.7 Å². The van der Waals surface area contributed by atoms with Gasteiger partial charge in [0.2, 0.25) is 5.91 Å². The molecule has 1 aliphatic heterocycles. The Labute approximate surface area is 206 Å². The van der Waals surface area contributed by atoms with E-state index < -0.39 is 12.1 Å². The zero-order chi connectivity index (χ0) is 24.8. The molecule has 1 fully saturated rings. The van der Waals surface area contributed by atoms with Gasteiger partial charge in [-0.15, -0.1) is 0 Å². The Kier molecular flexibility index (Phi) is 7.78. The second kappa shape index (κ2) is 11.2. The lowest BCUT2D eigenvalue weighted by Gasteiger charge is -2.23. The van der Waals surface area contributed by atoms with Gasteiger partial charge in [-0.05, 0) is 54.2 Å². The topological polar surface area (TPSA) is 77.8 Å². The second-order valence-corrected chi connectivity index (χ2v) is 9.17. The molecule has 1 aliphatic rings. The molecule has 0 aromatic heterocycles. The highest BCUT2D eigenvalue weighted by molar-refractivity contribution is 5.87. The molecule has 0 saturated carbocycles. The molecule has 3 aromatic carbocycles. The molecule has 0 unspecified atom stereocenters. The van der Waals surface area contributed by atoms with E-state index in [1.807, 2.05) is 23.1 Å². The first kappa shape index (κ1) is 24.4. The molecule has 1 heterocycles. The van der Waals surface area contributed by atoms with Gasteiger partial charge >= 0.3 is 5.97 Å². The van der Waals surface area contributed by atoms with Crippen molar-refractivity contribution in [2.24, 2.45) is 0 Å². The van der Waals surface area contributed by atoms with Crippen molar-refractivity contribution in [2.75, 3.05) is 6.54 Å². The fraction of sp³-hybridized carbons (Fsp3) is 0.267. The van der Waals surface area contributed by atoms with Crippen LogP contribution in [0.15, 0.2) is 84.9 Å². The highest BCUT2D eigenvalue weighted by atomic mass is 16.4. The maximum Gasteiger partial charge on any atom is 0.335 e. The number of benzene rings is 3. The molecule has 1 saturated heterocycles. The summed E-state index contributed by atoms with van der Waals surface area (Å²) in [7, 11) is 0. The number of likely N-dealkylation sites (tertiary alicyclic amines) is 1. The summed E-state index contributed by atoms with van der Waals surface area (Å²) in [5, 5.41) is 19.7. The fourth-order valence-corrected chi connectivity index (χ4v) is 4.50. The van der Waals surface area contributed by atoms with Crippen molar-refractivity contribution in [3.8, 4) is 11.1 Å². The Bertz CT molecular complexity index is 1200. The van der Waals surface area contributed by atoms with Gasteiger partial charge in [0.05, 0.1) is 17.7 Å². The van der Waals surface area contributed by atoms with Crippen molar-refractivity contribution in [3.63, 3.8) is 0 Å². The Balaban J connectivity index is 1.35. The standard InChI is InChI=1S/C30H31NO4/c1-21-5-9-24(10-6-21)26-4-2-3-23(19-26)20-28(32)15-13-27-14-16-29(33)31(27)18-17-22-7-11-25(12-8-22)30(34)35/h2-13,15,19,27-28,32H,14,16-18,20H2,1H3,(H,34,35)/b15-13+/t27-,28+/m0/s1. The number of aliphatic hydroxyl groups is 1. The lowest BCUT2D eigenvalue weighted by molar-refractivity contribution is -0.128. The number of hydrogen-bond donors (Lipinski definition) is 2. The van der Waals surface area contributed by atoms with Gasteiger partial charge in [-0.3, -0.25) is 4.79 Å². The summed E-state index contributed by atoms with van der Waals surface area (Å²) in [5.74, 6) is -0.834. The molecule has 0 spiro atoms. The van der Waals surface area contributed by atoms with Crippen molar-refractivity contribution in [3.05, 3.63) is 107 Å². The molecule has 180 valence electrons. The third-order valence-corrected chi connectivity index (χ3v) is 6.53. The van der Waals surface area contributed by atoms with Crippen LogP contribution >= 0.6 is 0 Å². The number of nitrogens with zero attached hydrogens (tertiary/aromatic N) is 1. The van der Waals surface area contributed by atoms with E-state index in [-0.39, 0.29) is 17.5 Å². The molecule has 4 rings (SSSR count).